The number of rotatable bonds is 3. The monoisotopic (exact) mass is 546 g/mol. The first-order valence-electron chi connectivity index (χ1n) is 8.77. The Hall–Kier alpha value is -2.02. The fourth-order valence-electron chi connectivity index (χ4n) is 3.03. The van der Waals surface area contributed by atoms with Gasteiger partial charge in [0.15, 0.2) is 0 Å². The summed E-state index contributed by atoms with van der Waals surface area (Å²) < 4.78 is 117. The molecule has 0 radical (unpaired) electrons. The van der Waals surface area contributed by atoms with Crippen LogP contribution in [-0.2, 0) is 18.5 Å². The zero-order chi connectivity index (χ0) is 23.9. The van der Waals surface area contributed by atoms with Crippen molar-refractivity contribution in [3.05, 3.63) is 89.5 Å². The summed E-state index contributed by atoms with van der Waals surface area (Å²) in [6, 6.07) is 12.1. The van der Waals surface area contributed by atoms with Crippen molar-refractivity contribution in [2.75, 3.05) is 0 Å². The summed E-state index contributed by atoms with van der Waals surface area (Å²) in [5, 5.41) is 0.972. The zero-order valence-electron chi connectivity index (χ0n) is 15.7. The number of benzene rings is 3. The average Bonchev–Trinajstić information content (AvgIpc) is 2.71. The van der Waals surface area contributed by atoms with Crippen molar-refractivity contribution in [1.82, 2.24) is 0 Å². The van der Waals surface area contributed by atoms with Crippen molar-refractivity contribution < 1.29 is 39.5 Å². The SMILES string of the molecule is FC(F)(F)c1ccc(P(=[Se])(c2ccc(C(F)(F)F)cc2)c2ccc(C(F)(F)F)cc2)cc1. The van der Waals surface area contributed by atoms with Crippen molar-refractivity contribution in [3.8, 4) is 0 Å². The summed E-state index contributed by atoms with van der Waals surface area (Å²) >= 11 is 2.88. The summed E-state index contributed by atoms with van der Waals surface area (Å²) in [5.74, 6) is 0. The Bertz CT molecular complexity index is 979. The van der Waals surface area contributed by atoms with Gasteiger partial charge in [0.2, 0.25) is 0 Å². The molecule has 0 bridgehead atoms. The van der Waals surface area contributed by atoms with Crippen LogP contribution in [0.15, 0.2) is 72.8 Å². The molecule has 0 nitrogen and oxygen atoms in total. The van der Waals surface area contributed by atoms with Crippen molar-refractivity contribution in [3.63, 3.8) is 0 Å². The maximum absolute atomic E-state index is 13.0. The van der Waals surface area contributed by atoms with Gasteiger partial charge in [0.05, 0.1) is 0 Å². The molecule has 0 aliphatic heterocycles. The van der Waals surface area contributed by atoms with Crippen molar-refractivity contribution in [2.24, 2.45) is 0 Å². The normalized spacial score (nSPS) is 13.3. The van der Waals surface area contributed by atoms with Crippen molar-refractivity contribution >= 4 is 36.5 Å². The molecule has 3 aromatic rings. The Kier molecular flexibility index (Phi) is 6.46. The summed E-state index contributed by atoms with van der Waals surface area (Å²) in [6.07, 6.45) is -13.8. The van der Waals surface area contributed by atoms with Crippen LogP contribution in [-0.4, -0.2) is 15.1 Å². The van der Waals surface area contributed by atoms with Crippen LogP contribution in [0.1, 0.15) is 16.7 Å². The van der Waals surface area contributed by atoms with Gasteiger partial charge in [-0.1, -0.05) is 0 Å². The van der Waals surface area contributed by atoms with E-state index in [9.17, 15) is 39.5 Å². The number of halogens is 9. The third-order valence-corrected chi connectivity index (χ3v) is 11.7. The molecule has 0 saturated carbocycles. The minimum atomic E-state index is -4.60. The van der Waals surface area contributed by atoms with E-state index in [1.807, 2.05) is 0 Å². The molecule has 0 saturated heterocycles. The molecule has 0 heterocycles. The Balaban J connectivity index is 2.18. The fourth-order valence-corrected chi connectivity index (χ4v) is 7.93. The van der Waals surface area contributed by atoms with E-state index in [0.29, 0.717) is 15.9 Å². The molecule has 3 aromatic carbocycles. The van der Waals surface area contributed by atoms with Crippen LogP contribution in [0.3, 0.4) is 0 Å². The van der Waals surface area contributed by atoms with E-state index in [0.717, 1.165) is 36.4 Å². The predicted molar refractivity (Wildman–Crippen MR) is 106 cm³/mol. The second-order valence-corrected chi connectivity index (χ2v) is 13.0. The van der Waals surface area contributed by atoms with Gasteiger partial charge in [-0.3, -0.25) is 0 Å². The second kappa shape index (κ2) is 8.40. The van der Waals surface area contributed by atoms with Crippen LogP contribution in [0.2, 0.25) is 0 Å². The van der Waals surface area contributed by atoms with Crippen LogP contribution < -0.4 is 15.9 Å². The Morgan fingerprint density at radius 1 is 0.406 bits per heavy atom. The minimum absolute atomic E-state index is 0.324. The predicted octanol–water partition coefficient (Wildman–Crippen LogP) is 6.12. The standard InChI is InChI=1S/C21H12F9PSe/c22-19(23,24)13-1-7-16(8-2-13)31(32,17-9-3-14(4-10-17)20(25,26)27)18-11-5-15(6-12-18)21(28,29)30/h1-12H. The molecule has 0 spiro atoms. The van der Waals surface area contributed by atoms with Crippen LogP contribution in [0.25, 0.3) is 0 Å². The van der Waals surface area contributed by atoms with E-state index in [4.69, 9.17) is 0 Å². The van der Waals surface area contributed by atoms with E-state index in [2.05, 4.69) is 15.1 Å². The van der Waals surface area contributed by atoms with Crippen LogP contribution >= 0.6 is 5.51 Å². The molecule has 0 N–H and O–H groups in total. The number of hydrogen-bond acceptors (Lipinski definition) is 0. The third kappa shape index (κ3) is 4.98. The first-order chi connectivity index (χ1) is 14.6. The molecule has 11 heteroatoms. The Morgan fingerprint density at radius 2 is 0.594 bits per heavy atom. The summed E-state index contributed by atoms with van der Waals surface area (Å²) in [4.78, 5) is 0. The molecular formula is C21H12F9PSe. The van der Waals surface area contributed by atoms with Gasteiger partial charge in [0.25, 0.3) is 0 Å². The molecule has 170 valence electrons. The molecule has 3 rings (SSSR count). The molecule has 0 fully saturated rings. The van der Waals surface area contributed by atoms with Crippen LogP contribution in [0.5, 0.6) is 0 Å². The Labute approximate surface area is 184 Å². The average molecular weight is 545 g/mol. The van der Waals surface area contributed by atoms with E-state index in [1.165, 1.54) is 36.4 Å². The quantitative estimate of drug-likeness (QED) is 0.212. The molecule has 0 aliphatic carbocycles. The van der Waals surface area contributed by atoms with Gasteiger partial charge in [-0.15, -0.1) is 0 Å². The van der Waals surface area contributed by atoms with Crippen molar-refractivity contribution in [1.29, 1.82) is 0 Å². The summed E-state index contributed by atoms with van der Waals surface area (Å²) in [7, 11) is 0. The van der Waals surface area contributed by atoms with E-state index in [-0.39, 0.29) is 0 Å². The number of alkyl halides is 9. The summed E-state index contributed by atoms with van der Waals surface area (Å²) in [6.45, 7) is 0. The zero-order valence-corrected chi connectivity index (χ0v) is 18.3. The molecule has 0 aliphatic rings. The Morgan fingerprint density at radius 3 is 0.750 bits per heavy atom. The van der Waals surface area contributed by atoms with Gasteiger partial charge in [0.1, 0.15) is 0 Å². The molecule has 0 amide bonds. The van der Waals surface area contributed by atoms with Gasteiger partial charge in [-0.05, 0) is 0 Å². The molecule has 0 atom stereocenters. The van der Waals surface area contributed by atoms with Gasteiger partial charge in [-0.2, -0.15) is 0 Å². The van der Waals surface area contributed by atoms with Gasteiger partial charge < -0.3 is 0 Å². The van der Waals surface area contributed by atoms with Gasteiger partial charge in [0, 0.05) is 0 Å². The third-order valence-electron chi connectivity index (χ3n) is 4.67. The van der Waals surface area contributed by atoms with Gasteiger partial charge >= 0.3 is 184 Å². The van der Waals surface area contributed by atoms with Gasteiger partial charge in [-0.25, -0.2) is 0 Å². The second-order valence-electron chi connectivity index (χ2n) is 6.74. The van der Waals surface area contributed by atoms with Crippen LogP contribution in [0.4, 0.5) is 39.5 Å². The van der Waals surface area contributed by atoms with Crippen LogP contribution in [0, 0.1) is 0 Å². The number of hydrogen-bond donors (Lipinski definition) is 0. The maximum atomic E-state index is 13.0. The fraction of sp³-hybridized carbons (Fsp3) is 0.143. The molecule has 32 heavy (non-hydrogen) atoms. The van der Waals surface area contributed by atoms with E-state index < -0.39 is 40.7 Å². The molecule has 0 unspecified atom stereocenters. The summed E-state index contributed by atoms with van der Waals surface area (Å²) in [5.41, 5.74) is -5.74. The van der Waals surface area contributed by atoms with E-state index >= 15 is 0 Å². The van der Waals surface area contributed by atoms with Crippen molar-refractivity contribution in [2.45, 2.75) is 18.5 Å². The molecule has 0 aromatic heterocycles. The topological polar surface area (TPSA) is 0 Å². The first kappa shape index (κ1) is 24.6. The first-order valence-corrected chi connectivity index (χ1v) is 12.8. The van der Waals surface area contributed by atoms with E-state index in [1.54, 1.807) is 0 Å². The molecular weight excluding hydrogens is 533 g/mol.